The van der Waals surface area contributed by atoms with E-state index in [1.165, 1.54) is 32.1 Å². The summed E-state index contributed by atoms with van der Waals surface area (Å²) in [7, 11) is 0. The molecular weight excluding hydrogens is 426 g/mol. The quantitative estimate of drug-likeness (QED) is 0.195. The highest BCUT2D eigenvalue weighted by molar-refractivity contribution is 5.89. The van der Waals surface area contributed by atoms with Gasteiger partial charge in [0.2, 0.25) is 5.75 Å². The van der Waals surface area contributed by atoms with Crippen molar-refractivity contribution in [1.29, 1.82) is 0 Å². The van der Waals surface area contributed by atoms with Gasteiger partial charge in [0.05, 0.1) is 25.3 Å². The molecule has 0 amide bonds. The van der Waals surface area contributed by atoms with Gasteiger partial charge in [-0.1, -0.05) is 79.1 Å². The van der Waals surface area contributed by atoms with Crippen LogP contribution in [0.15, 0.2) is 23.0 Å². The van der Waals surface area contributed by atoms with Crippen molar-refractivity contribution in [3.8, 4) is 17.2 Å². The molecule has 0 aliphatic heterocycles. The summed E-state index contributed by atoms with van der Waals surface area (Å²) in [6.45, 7) is 11.2. The van der Waals surface area contributed by atoms with Crippen molar-refractivity contribution >= 4 is 10.9 Å². The predicted octanol–water partition coefficient (Wildman–Crippen LogP) is 7.90. The first-order chi connectivity index (χ1) is 16.7. The van der Waals surface area contributed by atoms with Crippen LogP contribution in [-0.4, -0.2) is 24.4 Å². The molecule has 192 valence electrons. The lowest BCUT2D eigenvalue weighted by molar-refractivity contribution is 0.258. The van der Waals surface area contributed by atoms with Crippen LogP contribution in [-0.2, 0) is 6.54 Å². The minimum absolute atomic E-state index is 0.0966. The van der Waals surface area contributed by atoms with Gasteiger partial charge in [0.25, 0.3) is 5.56 Å². The summed E-state index contributed by atoms with van der Waals surface area (Å²) in [5.41, 5.74) is 0.775. The van der Waals surface area contributed by atoms with Gasteiger partial charge in [-0.3, -0.25) is 4.79 Å². The van der Waals surface area contributed by atoms with E-state index in [0.717, 1.165) is 61.6 Å². The summed E-state index contributed by atoms with van der Waals surface area (Å²) >= 11 is 0. The van der Waals surface area contributed by atoms with Crippen molar-refractivity contribution < 1.29 is 14.2 Å². The molecule has 0 fully saturated rings. The molecule has 0 radical (unpaired) electrons. The SMILES string of the molecule is CCCCCCOc1ccc2c(OCCCCCC)c(OCCCC)c(=O)n(CCCC)c2c1. The van der Waals surface area contributed by atoms with Crippen molar-refractivity contribution in [2.75, 3.05) is 19.8 Å². The zero-order valence-electron chi connectivity index (χ0n) is 22.1. The second kappa shape index (κ2) is 16.5. The molecule has 5 nitrogen and oxygen atoms in total. The van der Waals surface area contributed by atoms with E-state index in [-0.39, 0.29) is 5.56 Å². The number of hydrogen-bond donors (Lipinski definition) is 0. The summed E-state index contributed by atoms with van der Waals surface area (Å²) in [6, 6.07) is 6.04. The second-order valence-electron chi connectivity index (χ2n) is 9.17. The maximum absolute atomic E-state index is 13.6. The highest BCUT2D eigenvalue weighted by Crippen LogP contribution is 2.35. The normalized spacial score (nSPS) is 11.2. The van der Waals surface area contributed by atoms with Crippen molar-refractivity contribution in [2.24, 2.45) is 0 Å². The molecule has 0 saturated carbocycles. The van der Waals surface area contributed by atoms with Crippen LogP contribution in [0.5, 0.6) is 17.2 Å². The number of nitrogens with zero attached hydrogens (tertiary/aromatic N) is 1. The van der Waals surface area contributed by atoms with Crippen molar-refractivity contribution in [3.05, 3.63) is 28.6 Å². The lowest BCUT2D eigenvalue weighted by Gasteiger charge is -2.19. The summed E-state index contributed by atoms with van der Waals surface area (Å²) in [4.78, 5) is 13.6. The van der Waals surface area contributed by atoms with Crippen LogP contribution in [0.1, 0.15) is 105 Å². The smallest absolute Gasteiger partial charge is 0.297 e. The van der Waals surface area contributed by atoms with Gasteiger partial charge in [-0.25, -0.2) is 0 Å². The minimum atomic E-state index is -0.0966. The number of benzene rings is 1. The fourth-order valence-electron chi connectivity index (χ4n) is 4.02. The zero-order valence-corrected chi connectivity index (χ0v) is 22.1. The monoisotopic (exact) mass is 473 g/mol. The standard InChI is InChI=1S/C29H47NO4/c1-5-9-13-15-21-32-24-17-18-25-26(23-24)30(19-11-7-3)29(31)28(34-20-12-8-4)27(25)33-22-16-14-10-6-2/h17-18,23H,5-16,19-22H2,1-4H3. The Hall–Kier alpha value is -2.17. The Kier molecular flexibility index (Phi) is 13.6. The Balaban J connectivity index is 2.42. The van der Waals surface area contributed by atoms with Crippen LogP contribution >= 0.6 is 0 Å². The highest BCUT2D eigenvalue weighted by atomic mass is 16.5. The largest absolute Gasteiger partial charge is 0.494 e. The van der Waals surface area contributed by atoms with Crippen LogP contribution in [0.2, 0.25) is 0 Å². The minimum Gasteiger partial charge on any atom is -0.494 e. The topological polar surface area (TPSA) is 49.7 Å². The molecule has 0 N–H and O–H groups in total. The summed E-state index contributed by atoms with van der Waals surface area (Å²) in [5, 5.41) is 0.927. The molecule has 1 aromatic heterocycles. The van der Waals surface area contributed by atoms with E-state index in [4.69, 9.17) is 14.2 Å². The number of unbranched alkanes of at least 4 members (excludes halogenated alkanes) is 8. The van der Waals surface area contributed by atoms with Crippen molar-refractivity contribution in [1.82, 2.24) is 4.57 Å². The Morgan fingerprint density at radius 1 is 0.647 bits per heavy atom. The number of aryl methyl sites for hydroxylation is 1. The van der Waals surface area contributed by atoms with E-state index in [2.05, 4.69) is 27.7 Å². The number of fused-ring (bicyclic) bond motifs is 1. The Bertz CT molecular complexity index is 890. The summed E-state index contributed by atoms with van der Waals surface area (Å²) in [6.07, 6.45) is 13.0. The van der Waals surface area contributed by atoms with E-state index in [9.17, 15) is 4.79 Å². The maximum atomic E-state index is 13.6. The van der Waals surface area contributed by atoms with Gasteiger partial charge < -0.3 is 18.8 Å². The molecule has 0 aliphatic carbocycles. The lowest BCUT2D eigenvalue weighted by Crippen LogP contribution is -2.24. The summed E-state index contributed by atoms with van der Waals surface area (Å²) in [5.74, 6) is 1.76. The molecular formula is C29H47NO4. The molecule has 0 atom stereocenters. The van der Waals surface area contributed by atoms with Crippen LogP contribution in [0.3, 0.4) is 0 Å². The number of pyridine rings is 1. The molecule has 1 aromatic carbocycles. The molecule has 5 heteroatoms. The second-order valence-corrected chi connectivity index (χ2v) is 9.17. The van der Waals surface area contributed by atoms with Gasteiger partial charge in [-0.15, -0.1) is 0 Å². The maximum Gasteiger partial charge on any atom is 0.297 e. The first-order valence-corrected chi connectivity index (χ1v) is 13.8. The van der Waals surface area contributed by atoms with E-state index in [1.807, 2.05) is 22.8 Å². The van der Waals surface area contributed by atoms with Gasteiger partial charge in [-0.05, 0) is 37.8 Å². The number of rotatable bonds is 19. The number of aromatic nitrogens is 1. The molecule has 2 aromatic rings. The van der Waals surface area contributed by atoms with Gasteiger partial charge in [0, 0.05) is 18.0 Å². The number of hydrogen-bond acceptors (Lipinski definition) is 4. The number of ether oxygens (including phenoxy) is 3. The van der Waals surface area contributed by atoms with Crippen LogP contribution in [0.4, 0.5) is 0 Å². The molecule has 34 heavy (non-hydrogen) atoms. The van der Waals surface area contributed by atoms with Gasteiger partial charge >= 0.3 is 0 Å². The fourth-order valence-corrected chi connectivity index (χ4v) is 4.02. The van der Waals surface area contributed by atoms with Gasteiger partial charge in [0.15, 0.2) is 5.75 Å². The van der Waals surface area contributed by atoms with E-state index in [1.54, 1.807) is 0 Å². The van der Waals surface area contributed by atoms with E-state index in [0.29, 0.717) is 37.9 Å². The average molecular weight is 474 g/mol. The average Bonchev–Trinajstić information content (AvgIpc) is 2.84. The third-order valence-corrected chi connectivity index (χ3v) is 6.14. The summed E-state index contributed by atoms with van der Waals surface area (Å²) < 4.78 is 20.2. The molecule has 1 heterocycles. The Labute approximate surface area is 206 Å². The third-order valence-electron chi connectivity index (χ3n) is 6.14. The lowest BCUT2D eigenvalue weighted by atomic mass is 10.1. The molecule has 0 saturated heterocycles. The van der Waals surface area contributed by atoms with Gasteiger partial charge in [-0.2, -0.15) is 0 Å². The van der Waals surface area contributed by atoms with Crippen molar-refractivity contribution in [3.63, 3.8) is 0 Å². The van der Waals surface area contributed by atoms with Crippen molar-refractivity contribution in [2.45, 2.75) is 111 Å². The molecule has 2 rings (SSSR count). The van der Waals surface area contributed by atoms with E-state index >= 15 is 0 Å². The fraction of sp³-hybridized carbons (Fsp3) is 0.690. The van der Waals surface area contributed by atoms with Crippen LogP contribution in [0, 0.1) is 0 Å². The third kappa shape index (κ3) is 8.56. The molecule has 0 aliphatic rings. The molecule has 0 unspecified atom stereocenters. The highest BCUT2D eigenvalue weighted by Gasteiger charge is 2.20. The van der Waals surface area contributed by atoms with E-state index < -0.39 is 0 Å². The molecule has 0 bridgehead atoms. The first-order valence-electron chi connectivity index (χ1n) is 13.8. The Morgan fingerprint density at radius 2 is 1.24 bits per heavy atom. The van der Waals surface area contributed by atoms with Crippen LogP contribution in [0.25, 0.3) is 10.9 Å². The van der Waals surface area contributed by atoms with Crippen LogP contribution < -0.4 is 19.8 Å². The zero-order chi connectivity index (χ0) is 24.6. The predicted molar refractivity (Wildman–Crippen MR) is 143 cm³/mol. The molecule has 0 spiro atoms. The van der Waals surface area contributed by atoms with Gasteiger partial charge in [0.1, 0.15) is 5.75 Å². The Morgan fingerprint density at radius 3 is 1.88 bits per heavy atom. The first kappa shape index (κ1) is 28.1.